The number of halogens is 1. The van der Waals surface area contributed by atoms with E-state index in [4.69, 9.17) is 22.2 Å². The molecular weight excluding hydrogens is 276 g/mol. The van der Waals surface area contributed by atoms with E-state index in [9.17, 15) is 4.79 Å². The second-order valence-corrected chi connectivity index (χ2v) is 4.73. The smallest absolute Gasteiger partial charge is 0.265 e. The summed E-state index contributed by atoms with van der Waals surface area (Å²) in [6, 6.07) is 14.6. The molecular formula is C15H15ClN2O2. The Kier molecular flexibility index (Phi) is 5.12. The number of hydrogen-bond acceptors (Lipinski definition) is 3. The van der Waals surface area contributed by atoms with Gasteiger partial charge in [0, 0.05) is 10.6 Å². The number of nitrogen functional groups attached to an aromatic ring is 1. The van der Waals surface area contributed by atoms with E-state index in [0.29, 0.717) is 23.8 Å². The summed E-state index contributed by atoms with van der Waals surface area (Å²) in [4.78, 5) is 11.3. The predicted octanol–water partition coefficient (Wildman–Crippen LogP) is 2.66. The number of nitrogens with two attached hydrogens (primary N) is 1. The minimum Gasteiger partial charge on any atom is -0.372 e. The first-order chi connectivity index (χ1) is 9.69. The second-order valence-electron chi connectivity index (χ2n) is 4.29. The highest BCUT2D eigenvalue weighted by molar-refractivity contribution is 6.30. The standard InChI is InChI=1S/C15H15ClN2O2/c16-14-7-3-12(4-8-14)10-20-9-11-1-5-13(6-2-11)15(19)18-17/h1-8H,9-10,17H2,(H,18,19). The number of hydrazine groups is 1. The van der Waals surface area contributed by atoms with Gasteiger partial charge >= 0.3 is 0 Å². The molecule has 1 amide bonds. The van der Waals surface area contributed by atoms with Crippen LogP contribution in [0.1, 0.15) is 21.5 Å². The van der Waals surface area contributed by atoms with Gasteiger partial charge in [-0.2, -0.15) is 0 Å². The number of hydrogen-bond donors (Lipinski definition) is 2. The summed E-state index contributed by atoms with van der Waals surface area (Å²) in [5.74, 6) is 4.76. The molecule has 0 aliphatic heterocycles. The molecule has 0 heterocycles. The summed E-state index contributed by atoms with van der Waals surface area (Å²) in [5, 5.41) is 0.711. The average Bonchev–Trinajstić information content (AvgIpc) is 2.49. The number of carbonyl (C=O) groups is 1. The molecule has 2 aromatic rings. The van der Waals surface area contributed by atoms with Gasteiger partial charge in [0.05, 0.1) is 13.2 Å². The van der Waals surface area contributed by atoms with Gasteiger partial charge in [-0.1, -0.05) is 35.9 Å². The SMILES string of the molecule is NNC(=O)c1ccc(COCc2ccc(Cl)cc2)cc1. The van der Waals surface area contributed by atoms with Gasteiger partial charge < -0.3 is 4.74 Å². The zero-order valence-corrected chi connectivity index (χ0v) is 11.6. The molecule has 2 aromatic carbocycles. The Hall–Kier alpha value is -1.88. The first kappa shape index (κ1) is 14.5. The maximum atomic E-state index is 11.3. The topological polar surface area (TPSA) is 64.3 Å². The van der Waals surface area contributed by atoms with Crippen molar-refractivity contribution in [2.45, 2.75) is 13.2 Å². The fourth-order valence-electron chi connectivity index (χ4n) is 1.70. The Bertz CT molecular complexity index is 567. The van der Waals surface area contributed by atoms with Crippen LogP contribution in [-0.4, -0.2) is 5.91 Å². The molecule has 104 valence electrons. The molecule has 0 unspecified atom stereocenters. The van der Waals surface area contributed by atoms with Crippen LogP contribution < -0.4 is 11.3 Å². The van der Waals surface area contributed by atoms with Crippen LogP contribution in [0.15, 0.2) is 48.5 Å². The maximum absolute atomic E-state index is 11.3. The Balaban J connectivity index is 1.85. The van der Waals surface area contributed by atoms with Crippen molar-refractivity contribution < 1.29 is 9.53 Å². The van der Waals surface area contributed by atoms with Gasteiger partial charge in [-0.3, -0.25) is 10.2 Å². The fourth-order valence-corrected chi connectivity index (χ4v) is 1.83. The van der Waals surface area contributed by atoms with Crippen LogP contribution in [-0.2, 0) is 18.0 Å². The van der Waals surface area contributed by atoms with E-state index in [1.807, 2.05) is 36.4 Å². The number of carbonyl (C=O) groups excluding carboxylic acids is 1. The summed E-state index contributed by atoms with van der Waals surface area (Å²) in [6.07, 6.45) is 0. The van der Waals surface area contributed by atoms with Crippen LogP contribution in [0.25, 0.3) is 0 Å². The van der Waals surface area contributed by atoms with E-state index >= 15 is 0 Å². The number of amides is 1. The highest BCUT2D eigenvalue weighted by Crippen LogP contribution is 2.11. The Labute approximate surface area is 122 Å². The highest BCUT2D eigenvalue weighted by atomic mass is 35.5. The molecule has 0 saturated heterocycles. The highest BCUT2D eigenvalue weighted by Gasteiger charge is 2.02. The number of ether oxygens (including phenoxy) is 1. The van der Waals surface area contributed by atoms with Crippen LogP contribution >= 0.6 is 11.6 Å². The third-order valence-corrected chi connectivity index (χ3v) is 3.05. The van der Waals surface area contributed by atoms with Crippen molar-refractivity contribution in [1.82, 2.24) is 5.43 Å². The lowest BCUT2D eigenvalue weighted by Gasteiger charge is -2.06. The van der Waals surface area contributed by atoms with Crippen molar-refractivity contribution in [3.63, 3.8) is 0 Å². The normalized spacial score (nSPS) is 10.3. The number of rotatable bonds is 5. The van der Waals surface area contributed by atoms with E-state index < -0.39 is 0 Å². The zero-order chi connectivity index (χ0) is 14.4. The first-order valence-electron chi connectivity index (χ1n) is 6.11. The van der Waals surface area contributed by atoms with E-state index in [2.05, 4.69) is 5.43 Å². The van der Waals surface area contributed by atoms with Crippen LogP contribution in [0.2, 0.25) is 5.02 Å². The summed E-state index contributed by atoms with van der Waals surface area (Å²) < 4.78 is 5.60. The quantitative estimate of drug-likeness (QED) is 0.505. The molecule has 20 heavy (non-hydrogen) atoms. The molecule has 0 spiro atoms. The molecule has 0 aliphatic carbocycles. The molecule has 0 aromatic heterocycles. The molecule has 0 saturated carbocycles. The van der Waals surface area contributed by atoms with Crippen molar-refractivity contribution in [1.29, 1.82) is 0 Å². The van der Waals surface area contributed by atoms with Gasteiger partial charge in [-0.25, -0.2) is 5.84 Å². The van der Waals surface area contributed by atoms with Gasteiger partial charge in [0.1, 0.15) is 0 Å². The molecule has 0 fully saturated rings. The third kappa shape index (κ3) is 4.06. The maximum Gasteiger partial charge on any atom is 0.265 e. The Morgan fingerprint density at radius 3 is 2.00 bits per heavy atom. The van der Waals surface area contributed by atoms with Gasteiger partial charge in [0.25, 0.3) is 5.91 Å². The molecule has 0 radical (unpaired) electrons. The van der Waals surface area contributed by atoms with Crippen LogP contribution in [0.5, 0.6) is 0 Å². The lowest BCUT2D eigenvalue weighted by Crippen LogP contribution is -2.29. The van der Waals surface area contributed by atoms with Crippen molar-refractivity contribution in [2.24, 2.45) is 5.84 Å². The van der Waals surface area contributed by atoms with Gasteiger partial charge in [-0.05, 0) is 35.4 Å². The Morgan fingerprint density at radius 1 is 1.00 bits per heavy atom. The van der Waals surface area contributed by atoms with Crippen molar-refractivity contribution >= 4 is 17.5 Å². The minimum atomic E-state index is -0.307. The lowest BCUT2D eigenvalue weighted by molar-refractivity contribution is 0.0953. The van der Waals surface area contributed by atoms with Crippen LogP contribution in [0, 0.1) is 0 Å². The number of nitrogens with one attached hydrogen (secondary N) is 1. The summed E-state index contributed by atoms with van der Waals surface area (Å²) in [7, 11) is 0. The van der Waals surface area contributed by atoms with E-state index in [1.54, 1.807) is 12.1 Å². The van der Waals surface area contributed by atoms with Gasteiger partial charge in [0.2, 0.25) is 0 Å². The van der Waals surface area contributed by atoms with Gasteiger partial charge in [0.15, 0.2) is 0 Å². The average molecular weight is 291 g/mol. The zero-order valence-electron chi connectivity index (χ0n) is 10.8. The fraction of sp³-hybridized carbons (Fsp3) is 0.133. The predicted molar refractivity (Wildman–Crippen MR) is 78.0 cm³/mol. The first-order valence-corrected chi connectivity index (χ1v) is 6.49. The Morgan fingerprint density at radius 2 is 1.50 bits per heavy atom. The van der Waals surface area contributed by atoms with E-state index in [0.717, 1.165) is 11.1 Å². The molecule has 5 heteroatoms. The van der Waals surface area contributed by atoms with E-state index in [1.165, 1.54) is 0 Å². The van der Waals surface area contributed by atoms with Crippen molar-refractivity contribution in [3.8, 4) is 0 Å². The lowest BCUT2D eigenvalue weighted by atomic mass is 10.1. The summed E-state index contributed by atoms with van der Waals surface area (Å²) >= 11 is 5.81. The van der Waals surface area contributed by atoms with Crippen LogP contribution in [0.4, 0.5) is 0 Å². The molecule has 2 rings (SSSR count). The molecule has 4 nitrogen and oxygen atoms in total. The van der Waals surface area contributed by atoms with E-state index in [-0.39, 0.29) is 5.91 Å². The third-order valence-electron chi connectivity index (χ3n) is 2.80. The molecule has 3 N–H and O–H groups in total. The summed E-state index contributed by atoms with van der Waals surface area (Å²) in [5.41, 5.74) is 4.67. The molecule has 0 atom stereocenters. The van der Waals surface area contributed by atoms with Crippen molar-refractivity contribution in [3.05, 3.63) is 70.2 Å². The molecule has 0 bridgehead atoms. The number of benzene rings is 2. The molecule has 0 aliphatic rings. The minimum absolute atomic E-state index is 0.307. The van der Waals surface area contributed by atoms with Crippen molar-refractivity contribution in [2.75, 3.05) is 0 Å². The second kappa shape index (κ2) is 7.05. The van der Waals surface area contributed by atoms with Crippen LogP contribution in [0.3, 0.4) is 0 Å². The largest absolute Gasteiger partial charge is 0.372 e. The monoisotopic (exact) mass is 290 g/mol. The van der Waals surface area contributed by atoms with Gasteiger partial charge in [-0.15, -0.1) is 0 Å². The summed E-state index contributed by atoms with van der Waals surface area (Å²) in [6.45, 7) is 0.995.